The molecule has 0 aliphatic heterocycles. The Morgan fingerprint density at radius 1 is 0.979 bits per heavy atom. The number of amidine groups is 1. The van der Waals surface area contributed by atoms with E-state index in [9.17, 15) is 31.2 Å². The highest BCUT2D eigenvalue weighted by molar-refractivity contribution is 7.90. The Kier molecular flexibility index (Phi) is 11.3. The lowest BCUT2D eigenvalue weighted by Gasteiger charge is -2.28. The Labute approximate surface area is 271 Å². The first-order valence-electron chi connectivity index (χ1n) is 14.9. The molecule has 47 heavy (non-hydrogen) atoms. The zero-order valence-corrected chi connectivity index (χ0v) is 26.5. The van der Waals surface area contributed by atoms with Crippen molar-refractivity contribution in [2.45, 2.75) is 49.2 Å². The van der Waals surface area contributed by atoms with Gasteiger partial charge in [-0.1, -0.05) is 30.3 Å². The van der Waals surface area contributed by atoms with E-state index in [4.69, 9.17) is 17.3 Å². The van der Waals surface area contributed by atoms with E-state index >= 15 is 0 Å². The Morgan fingerprint density at radius 2 is 1.62 bits per heavy atom. The van der Waals surface area contributed by atoms with Crippen LogP contribution in [-0.4, -0.2) is 44.9 Å². The second-order valence-electron chi connectivity index (χ2n) is 11.6. The van der Waals surface area contributed by atoms with Gasteiger partial charge in [0.2, 0.25) is 11.8 Å². The number of nitrogens with two attached hydrogens (primary N) is 3. The lowest BCUT2D eigenvalue weighted by Crippen LogP contribution is -2.48. The molecule has 0 spiro atoms. The number of halogens is 3. The number of nitrogens with one attached hydrogen (secondary N) is 3. The van der Waals surface area contributed by atoms with E-state index < -0.39 is 38.4 Å². The second kappa shape index (κ2) is 15.0. The molecule has 1 fully saturated rings. The van der Waals surface area contributed by atoms with Crippen LogP contribution in [0.15, 0.2) is 76.7 Å². The van der Waals surface area contributed by atoms with E-state index in [0.29, 0.717) is 48.2 Å². The molecule has 1 aliphatic rings. The van der Waals surface area contributed by atoms with Gasteiger partial charge in [-0.05, 0) is 91.2 Å². The van der Waals surface area contributed by atoms with Crippen molar-refractivity contribution >= 4 is 33.2 Å². The minimum atomic E-state index is -4.80. The molecule has 2 amide bonds. The first kappa shape index (κ1) is 35.4. The second-order valence-corrected chi connectivity index (χ2v) is 13.6. The molecule has 9 N–H and O–H groups in total. The third-order valence-electron chi connectivity index (χ3n) is 8.25. The molecule has 0 saturated heterocycles. The van der Waals surface area contributed by atoms with Gasteiger partial charge < -0.3 is 22.1 Å². The highest BCUT2D eigenvalue weighted by atomic mass is 32.2. The van der Waals surface area contributed by atoms with Crippen molar-refractivity contribution in [3.63, 3.8) is 0 Å². The molecule has 0 bridgehead atoms. The number of nitrogens with zero attached hydrogens (tertiary/aromatic N) is 1. The van der Waals surface area contributed by atoms with Crippen molar-refractivity contribution in [2.24, 2.45) is 34.2 Å². The molecule has 11 nitrogen and oxygen atoms in total. The van der Waals surface area contributed by atoms with E-state index in [1.165, 1.54) is 12.1 Å². The van der Waals surface area contributed by atoms with Crippen LogP contribution in [0.5, 0.6) is 0 Å². The lowest BCUT2D eigenvalue weighted by molar-refractivity contribution is -0.137. The topological polar surface area (TPSA) is 195 Å². The Morgan fingerprint density at radius 3 is 2.17 bits per heavy atom. The molecule has 0 heterocycles. The zero-order chi connectivity index (χ0) is 34.4. The van der Waals surface area contributed by atoms with Crippen LogP contribution < -0.4 is 33.5 Å². The summed E-state index contributed by atoms with van der Waals surface area (Å²) in [5.74, 6) is 4.64. The highest BCUT2D eigenvalue weighted by Gasteiger charge is 2.35. The van der Waals surface area contributed by atoms with Gasteiger partial charge in [0.15, 0.2) is 15.7 Å². The molecule has 3 aromatic carbocycles. The number of hydrazine groups is 1. The molecule has 0 aromatic heterocycles. The summed E-state index contributed by atoms with van der Waals surface area (Å²) in [5, 5.41) is 9.38. The van der Waals surface area contributed by atoms with E-state index in [1.54, 1.807) is 36.4 Å². The summed E-state index contributed by atoms with van der Waals surface area (Å²) in [6, 6.07) is 14.4. The SMILES string of the molecule is CS(=O)(=O)c1ccc(-c2ccc(CC(NC(=O)C3CCC(CN)CC3)C(=O)Nc3ccc(C(N)=NNN)cc3)cc2)c(C(F)(F)F)c1. The van der Waals surface area contributed by atoms with Gasteiger partial charge in [0.25, 0.3) is 0 Å². The average molecular weight is 674 g/mol. The van der Waals surface area contributed by atoms with E-state index in [2.05, 4.69) is 21.3 Å². The highest BCUT2D eigenvalue weighted by Crippen LogP contribution is 2.38. The summed E-state index contributed by atoms with van der Waals surface area (Å²) < 4.78 is 65.6. The molecule has 1 aliphatic carbocycles. The molecule has 1 atom stereocenters. The number of benzene rings is 3. The summed E-state index contributed by atoms with van der Waals surface area (Å²) >= 11 is 0. The van der Waals surface area contributed by atoms with E-state index in [1.807, 2.05) is 0 Å². The standard InChI is InChI=1S/C32H38F3N7O4S/c1-47(45,46)25-14-15-26(27(17-25)32(33,34)35)21-6-2-19(3-7-21)16-28(40-30(43)23-8-4-20(18-36)5-9-23)31(44)39-24-12-10-22(11-13-24)29(37)41-42-38/h2-3,6-7,10-15,17,20,23,28,42H,4-5,8-9,16,18,36,38H2,1H3,(H2,37,41)(H,39,44)(H,40,43). The minimum Gasteiger partial charge on any atom is -0.382 e. The fraction of sp³-hybridized carbons (Fsp3) is 0.344. The lowest BCUT2D eigenvalue weighted by atomic mass is 9.81. The zero-order valence-electron chi connectivity index (χ0n) is 25.7. The third kappa shape index (κ3) is 9.30. The largest absolute Gasteiger partial charge is 0.417 e. The van der Waals surface area contributed by atoms with E-state index in [-0.39, 0.29) is 35.2 Å². The number of hydrazone groups is 1. The summed E-state index contributed by atoms with van der Waals surface area (Å²) in [6.07, 6.45) is -0.975. The molecule has 15 heteroatoms. The number of anilines is 1. The number of amides is 2. The fourth-order valence-corrected chi connectivity index (χ4v) is 6.19. The fourth-order valence-electron chi connectivity index (χ4n) is 5.54. The van der Waals surface area contributed by atoms with Crippen LogP contribution in [0.25, 0.3) is 11.1 Å². The molecule has 4 rings (SSSR count). The molecular formula is C32H38F3N7O4S. The van der Waals surface area contributed by atoms with Crippen LogP contribution in [0.2, 0.25) is 0 Å². The predicted octanol–water partition coefficient (Wildman–Crippen LogP) is 3.29. The summed E-state index contributed by atoms with van der Waals surface area (Å²) in [5.41, 5.74) is 14.2. The number of carbonyl (C=O) groups is 2. The summed E-state index contributed by atoms with van der Waals surface area (Å²) in [6.45, 7) is 0.556. The van der Waals surface area contributed by atoms with Crippen molar-refractivity contribution in [1.29, 1.82) is 0 Å². The normalized spacial score (nSPS) is 17.9. The van der Waals surface area contributed by atoms with Gasteiger partial charge in [0.05, 0.1) is 10.5 Å². The van der Waals surface area contributed by atoms with Crippen molar-refractivity contribution in [3.8, 4) is 11.1 Å². The smallest absolute Gasteiger partial charge is 0.382 e. The van der Waals surface area contributed by atoms with Gasteiger partial charge in [-0.2, -0.15) is 13.2 Å². The monoisotopic (exact) mass is 673 g/mol. The molecular weight excluding hydrogens is 635 g/mol. The quantitative estimate of drug-likeness (QED) is 0.0772. The van der Waals surface area contributed by atoms with Gasteiger partial charge in [-0.15, -0.1) is 5.10 Å². The number of hydrogen-bond acceptors (Lipinski definition) is 8. The molecule has 1 saturated carbocycles. The van der Waals surface area contributed by atoms with Crippen molar-refractivity contribution in [1.82, 2.24) is 10.9 Å². The first-order chi connectivity index (χ1) is 22.2. The number of hydrogen-bond donors (Lipinski definition) is 6. The van der Waals surface area contributed by atoms with Crippen LogP contribution >= 0.6 is 0 Å². The van der Waals surface area contributed by atoms with Crippen molar-refractivity contribution in [2.75, 3.05) is 18.1 Å². The molecule has 1 unspecified atom stereocenters. The van der Waals surface area contributed by atoms with Gasteiger partial charge >= 0.3 is 6.18 Å². The number of sulfone groups is 1. The number of carbonyl (C=O) groups excluding carboxylic acids is 2. The van der Waals surface area contributed by atoms with E-state index in [0.717, 1.165) is 31.2 Å². The number of alkyl halides is 3. The Hall–Kier alpha value is -4.47. The maximum atomic E-state index is 13.9. The Balaban J connectivity index is 1.57. The third-order valence-corrected chi connectivity index (χ3v) is 9.36. The average Bonchev–Trinajstić information content (AvgIpc) is 3.04. The van der Waals surface area contributed by atoms with Crippen molar-refractivity contribution in [3.05, 3.63) is 83.4 Å². The van der Waals surface area contributed by atoms with Crippen LogP contribution in [0, 0.1) is 11.8 Å². The van der Waals surface area contributed by atoms with Gasteiger partial charge in [-0.3, -0.25) is 9.59 Å². The van der Waals surface area contributed by atoms with Crippen LogP contribution in [0.1, 0.15) is 42.4 Å². The maximum absolute atomic E-state index is 13.9. The Bertz CT molecular complexity index is 1710. The van der Waals surface area contributed by atoms with Crippen LogP contribution in [-0.2, 0) is 32.0 Å². The van der Waals surface area contributed by atoms with Crippen LogP contribution in [0.3, 0.4) is 0 Å². The van der Waals surface area contributed by atoms with Gasteiger partial charge in [0.1, 0.15) is 6.04 Å². The van der Waals surface area contributed by atoms with Gasteiger partial charge in [-0.25, -0.2) is 19.8 Å². The van der Waals surface area contributed by atoms with Crippen LogP contribution in [0.4, 0.5) is 18.9 Å². The molecule has 252 valence electrons. The number of rotatable bonds is 11. The molecule has 0 radical (unpaired) electrons. The summed E-state index contributed by atoms with van der Waals surface area (Å²) in [4.78, 5) is 26.4. The maximum Gasteiger partial charge on any atom is 0.417 e. The molecule has 3 aromatic rings. The van der Waals surface area contributed by atoms with Crippen molar-refractivity contribution < 1.29 is 31.2 Å². The van der Waals surface area contributed by atoms with Gasteiger partial charge in [0, 0.05) is 29.8 Å². The first-order valence-corrected chi connectivity index (χ1v) is 16.8. The minimum absolute atomic E-state index is 0.0506. The summed E-state index contributed by atoms with van der Waals surface area (Å²) in [7, 11) is -3.86. The predicted molar refractivity (Wildman–Crippen MR) is 173 cm³/mol.